The minimum absolute atomic E-state index is 0.0175. The van der Waals surface area contributed by atoms with Gasteiger partial charge in [-0.2, -0.15) is 0 Å². The number of ether oxygens (including phenoxy) is 1. The fourth-order valence-electron chi connectivity index (χ4n) is 2.72. The summed E-state index contributed by atoms with van der Waals surface area (Å²) < 4.78 is 5.87. The standard InChI is InChI=1S/C16H16O5/c1-8-4-11-13(19)6-10(17)7-15(11)21-16(8)9-2-3-12(18)14(20)5-9/h2-3,5-8,16-20H,4H2,1H3. The smallest absolute Gasteiger partial charge is 0.157 e. The Bertz CT molecular complexity index is 695. The van der Waals surface area contributed by atoms with E-state index in [1.54, 1.807) is 6.07 Å². The molecule has 3 rings (SSSR count). The van der Waals surface area contributed by atoms with E-state index in [4.69, 9.17) is 4.74 Å². The molecule has 2 atom stereocenters. The van der Waals surface area contributed by atoms with Crippen molar-refractivity contribution >= 4 is 0 Å². The fraction of sp³-hybridized carbons (Fsp3) is 0.250. The Balaban J connectivity index is 2.00. The first-order chi connectivity index (χ1) is 9.95. The predicted octanol–water partition coefficient (Wildman–Crippen LogP) is 2.82. The van der Waals surface area contributed by atoms with E-state index in [2.05, 4.69) is 0 Å². The van der Waals surface area contributed by atoms with Crippen LogP contribution in [-0.2, 0) is 6.42 Å². The molecule has 1 aliphatic heterocycles. The third-order valence-electron chi connectivity index (χ3n) is 3.80. The zero-order valence-corrected chi connectivity index (χ0v) is 11.4. The Labute approximate surface area is 121 Å². The van der Waals surface area contributed by atoms with Crippen LogP contribution in [0, 0.1) is 5.92 Å². The lowest BCUT2D eigenvalue weighted by molar-refractivity contribution is 0.121. The Morgan fingerprint density at radius 1 is 0.952 bits per heavy atom. The predicted molar refractivity (Wildman–Crippen MR) is 75.8 cm³/mol. The van der Waals surface area contributed by atoms with Crippen LogP contribution < -0.4 is 4.74 Å². The molecule has 2 aromatic carbocycles. The van der Waals surface area contributed by atoms with E-state index < -0.39 is 0 Å². The van der Waals surface area contributed by atoms with Gasteiger partial charge in [-0.15, -0.1) is 0 Å². The van der Waals surface area contributed by atoms with Gasteiger partial charge in [-0.25, -0.2) is 0 Å². The molecule has 0 bridgehead atoms. The summed E-state index contributed by atoms with van der Waals surface area (Å²) in [5.41, 5.74) is 1.39. The summed E-state index contributed by atoms with van der Waals surface area (Å²) >= 11 is 0. The van der Waals surface area contributed by atoms with Gasteiger partial charge in [0.05, 0.1) is 0 Å². The molecule has 2 aromatic rings. The number of fused-ring (bicyclic) bond motifs is 1. The molecule has 0 radical (unpaired) electrons. The van der Waals surface area contributed by atoms with Gasteiger partial charge < -0.3 is 25.2 Å². The van der Waals surface area contributed by atoms with Gasteiger partial charge in [-0.05, 0) is 24.1 Å². The Morgan fingerprint density at radius 3 is 2.43 bits per heavy atom. The van der Waals surface area contributed by atoms with E-state index in [0.717, 1.165) is 5.56 Å². The van der Waals surface area contributed by atoms with Crippen LogP contribution in [-0.4, -0.2) is 20.4 Å². The Kier molecular flexibility index (Phi) is 3.05. The average Bonchev–Trinajstić information content (AvgIpc) is 2.42. The molecule has 0 amide bonds. The van der Waals surface area contributed by atoms with Crippen molar-refractivity contribution < 1.29 is 25.2 Å². The van der Waals surface area contributed by atoms with Gasteiger partial charge in [0.15, 0.2) is 11.5 Å². The molecule has 0 aromatic heterocycles. The number of benzene rings is 2. The van der Waals surface area contributed by atoms with Gasteiger partial charge in [0, 0.05) is 23.6 Å². The van der Waals surface area contributed by atoms with Gasteiger partial charge in [0.2, 0.25) is 0 Å². The highest BCUT2D eigenvalue weighted by Crippen LogP contribution is 2.44. The van der Waals surface area contributed by atoms with Crippen molar-refractivity contribution in [1.82, 2.24) is 0 Å². The van der Waals surface area contributed by atoms with E-state index in [-0.39, 0.29) is 35.0 Å². The second kappa shape index (κ2) is 4.77. The average molecular weight is 288 g/mol. The first-order valence-electron chi connectivity index (χ1n) is 6.69. The zero-order valence-electron chi connectivity index (χ0n) is 11.4. The van der Waals surface area contributed by atoms with Crippen LogP contribution >= 0.6 is 0 Å². The van der Waals surface area contributed by atoms with Crippen molar-refractivity contribution in [3.63, 3.8) is 0 Å². The molecule has 5 nitrogen and oxygen atoms in total. The van der Waals surface area contributed by atoms with E-state index in [9.17, 15) is 20.4 Å². The second-order valence-corrected chi connectivity index (χ2v) is 5.41. The first kappa shape index (κ1) is 13.4. The summed E-state index contributed by atoms with van der Waals surface area (Å²) in [6.45, 7) is 1.98. The van der Waals surface area contributed by atoms with Crippen LogP contribution in [0.3, 0.4) is 0 Å². The van der Waals surface area contributed by atoms with E-state index in [1.165, 1.54) is 24.3 Å². The van der Waals surface area contributed by atoms with Crippen molar-refractivity contribution in [2.24, 2.45) is 5.92 Å². The van der Waals surface area contributed by atoms with Gasteiger partial charge in [-0.1, -0.05) is 13.0 Å². The van der Waals surface area contributed by atoms with Gasteiger partial charge in [-0.3, -0.25) is 0 Å². The van der Waals surface area contributed by atoms with Gasteiger partial charge in [0.25, 0.3) is 0 Å². The van der Waals surface area contributed by atoms with E-state index in [0.29, 0.717) is 17.7 Å². The molecule has 0 fully saturated rings. The van der Waals surface area contributed by atoms with Gasteiger partial charge >= 0.3 is 0 Å². The van der Waals surface area contributed by atoms with Gasteiger partial charge in [0.1, 0.15) is 23.4 Å². The SMILES string of the molecule is CC1Cc2c(O)cc(O)cc2OC1c1ccc(O)c(O)c1. The second-order valence-electron chi connectivity index (χ2n) is 5.41. The minimum Gasteiger partial charge on any atom is -0.508 e. The normalized spacial score (nSPS) is 20.6. The third kappa shape index (κ3) is 2.31. The van der Waals surface area contributed by atoms with Crippen molar-refractivity contribution in [3.8, 4) is 28.7 Å². The lowest BCUT2D eigenvalue weighted by Crippen LogP contribution is -2.23. The monoisotopic (exact) mass is 288 g/mol. The molecular formula is C16H16O5. The highest BCUT2D eigenvalue weighted by Gasteiger charge is 2.30. The van der Waals surface area contributed by atoms with Crippen molar-refractivity contribution in [1.29, 1.82) is 0 Å². The van der Waals surface area contributed by atoms with Crippen LogP contribution in [0.4, 0.5) is 0 Å². The molecule has 0 saturated heterocycles. The molecule has 0 aliphatic carbocycles. The molecule has 21 heavy (non-hydrogen) atoms. The number of phenolic OH excluding ortho intramolecular Hbond substituents is 4. The van der Waals surface area contributed by atoms with E-state index in [1.807, 2.05) is 6.92 Å². The maximum Gasteiger partial charge on any atom is 0.157 e. The van der Waals surface area contributed by atoms with Crippen LogP contribution in [0.15, 0.2) is 30.3 Å². The molecular weight excluding hydrogens is 272 g/mol. The van der Waals surface area contributed by atoms with Crippen LogP contribution in [0.25, 0.3) is 0 Å². The quantitative estimate of drug-likeness (QED) is 0.606. The van der Waals surface area contributed by atoms with Crippen molar-refractivity contribution in [3.05, 3.63) is 41.5 Å². The zero-order chi connectivity index (χ0) is 15.1. The van der Waals surface area contributed by atoms with Crippen molar-refractivity contribution in [2.45, 2.75) is 19.4 Å². The molecule has 1 heterocycles. The van der Waals surface area contributed by atoms with E-state index >= 15 is 0 Å². The molecule has 4 N–H and O–H groups in total. The summed E-state index contributed by atoms with van der Waals surface area (Å²) in [5.74, 6) is 0.0720. The van der Waals surface area contributed by atoms with Crippen LogP contribution in [0.2, 0.25) is 0 Å². The van der Waals surface area contributed by atoms with Crippen LogP contribution in [0.5, 0.6) is 28.7 Å². The molecule has 1 aliphatic rings. The number of aromatic hydroxyl groups is 4. The maximum atomic E-state index is 9.88. The third-order valence-corrected chi connectivity index (χ3v) is 3.80. The molecule has 110 valence electrons. The topological polar surface area (TPSA) is 90.2 Å². The number of phenols is 4. The molecule has 0 spiro atoms. The first-order valence-corrected chi connectivity index (χ1v) is 6.69. The highest BCUT2D eigenvalue weighted by atomic mass is 16.5. The maximum absolute atomic E-state index is 9.88. The number of hydrogen-bond donors (Lipinski definition) is 4. The summed E-state index contributed by atoms with van der Waals surface area (Å²) in [6, 6.07) is 7.32. The lowest BCUT2D eigenvalue weighted by atomic mass is 9.87. The number of rotatable bonds is 1. The van der Waals surface area contributed by atoms with Crippen LogP contribution in [0.1, 0.15) is 24.2 Å². The fourth-order valence-corrected chi connectivity index (χ4v) is 2.72. The molecule has 2 unspecified atom stereocenters. The lowest BCUT2D eigenvalue weighted by Gasteiger charge is -2.32. The van der Waals surface area contributed by atoms with Crippen molar-refractivity contribution in [2.75, 3.05) is 0 Å². The number of hydrogen-bond acceptors (Lipinski definition) is 5. The molecule has 5 heteroatoms. The Morgan fingerprint density at radius 2 is 1.71 bits per heavy atom. The highest BCUT2D eigenvalue weighted by molar-refractivity contribution is 5.51. The summed E-state index contributed by atoms with van der Waals surface area (Å²) in [7, 11) is 0. The summed E-state index contributed by atoms with van der Waals surface area (Å²) in [5, 5.41) is 38.4. The Hall–Kier alpha value is -2.56. The minimum atomic E-state index is -0.329. The molecule has 0 saturated carbocycles. The summed E-state index contributed by atoms with van der Waals surface area (Å²) in [6.07, 6.45) is 0.263. The summed E-state index contributed by atoms with van der Waals surface area (Å²) in [4.78, 5) is 0. The largest absolute Gasteiger partial charge is 0.508 e.